The summed E-state index contributed by atoms with van der Waals surface area (Å²) < 4.78 is 15.5. The third-order valence-corrected chi connectivity index (χ3v) is 4.12. The summed E-state index contributed by atoms with van der Waals surface area (Å²) >= 11 is 0. The minimum absolute atomic E-state index is 0.0268. The summed E-state index contributed by atoms with van der Waals surface area (Å²) in [5, 5.41) is 14.2. The number of nitrogens with zero attached hydrogens (tertiary/aromatic N) is 2. The van der Waals surface area contributed by atoms with Gasteiger partial charge in [0.1, 0.15) is 18.1 Å². The Labute approximate surface area is 181 Å². The maximum absolute atomic E-state index is 12.1. The fraction of sp³-hybridized carbons (Fsp3) is 0.0952. The standard InChI is InChI=1S/C21H17N3O8/c1-29-20(25)14-4-8-16(9-5-14)30-12-17-10-11-18(31-17)21(26)32-23-19(22)13-2-6-15(7-3-13)24(27)28/h2-11H,12H2,1H3,(H2,22,23). The molecule has 0 radical (unpaired) electrons. The van der Waals surface area contributed by atoms with Crippen molar-refractivity contribution in [2.24, 2.45) is 10.9 Å². The number of rotatable bonds is 8. The van der Waals surface area contributed by atoms with Gasteiger partial charge in [0, 0.05) is 17.7 Å². The molecule has 11 nitrogen and oxygen atoms in total. The van der Waals surface area contributed by atoms with Gasteiger partial charge in [0.2, 0.25) is 5.76 Å². The number of nitrogens with two attached hydrogens (primary N) is 1. The number of carbonyl (C=O) groups excluding carboxylic acids is 2. The molecule has 0 atom stereocenters. The molecule has 2 N–H and O–H groups in total. The number of hydrogen-bond donors (Lipinski definition) is 1. The van der Waals surface area contributed by atoms with Crippen molar-refractivity contribution in [3.05, 3.63) is 93.4 Å². The Kier molecular flexibility index (Phi) is 6.81. The molecule has 0 aliphatic heterocycles. The maximum atomic E-state index is 12.1. The van der Waals surface area contributed by atoms with Crippen molar-refractivity contribution < 1.29 is 33.2 Å². The van der Waals surface area contributed by atoms with E-state index in [4.69, 9.17) is 19.7 Å². The molecule has 0 spiro atoms. The normalized spacial score (nSPS) is 11.0. The molecule has 0 saturated heterocycles. The van der Waals surface area contributed by atoms with Gasteiger partial charge in [-0.3, -0.25) is 10.1 Å². The van der Waals surface area contributed by atoms with E-state index in [0.29, 0.717) is 22.6 Å². The molecule has 1 aromatic heterocycles. The number of amidine groups is 1. The quantitative estimate of drug-likeness (QED) is 0.139. The fourth-order valence-electron chi connectivity index (χ4n) is 2.47. The molecule has 0 amide bonds. The summed E-state index contributed by atoms with van der Waals surface area (Å²) in [5.74, 6) is -0.769. The third-order valence-electron chi connectivity index (χ3n) is 4.12. The summed E-state index contributed by atoms with van der Waals surface area (Å²) in [4.78, 5) is 38.4. The lowest BCUT2D eigenvalue weighted by molar-refractivity contribution is -0.384. The molecule has 11 heteroatoms. The Bertz CT molecular complexity index is 1150. The molecule has 164 valence electrons. The zero-order valence-electron chi connectivity index (χ0n) is 16.7. The van der Waals surface area contributed by atoms with Gasteiger partial charge in [-0.2, -0.15) is 0 Å². The lowest BCUT2D eigenvalue weighted by Crippen LogP contribution is -2.15. The van der Waals surface area contributed by atoms with E-state index in [9.17, 15) is 19.7 Å². The highest BCUT2D eigenvalue weighted by Gasteiger charge is 2.15. The Hall–Kier alpha value is -4.67. The molecule has 2 aromatic carbocycles. The minimum atomic E-state index is -0.886. The van der Waals surface area contributed by atoms with E-state index in [-0.39, 0.29) is 23.9 Å². The average molecular weight is 439 g/mol. The van der Waals surface area contributed by atoms with Crippen molar-refractivity contribution in [3.8, 4) is 5.75 Å². The number of non-ortho nitro benzene ring substituents is 1. The monoisotopic (exact) mass is 439 g/mol. The van der Waals surface area contributed by atoms with Crippen LogP contribution in [0.2, 0.25) is 0 Å². The first kappa shape index (κ1) is 22.0. The molecule has 3 aromatic rings. The van der Waals surface area contributed by atoms with Gasteiger partial charge < -0.3 is 24.5 Å². The second-order valence-electron chi connectivity index (χ2n) is 6.23. The Morgan fingerprint density at radius 1 is 1.00 bits per heavy atom. The van der Waals surface area contributed by atoms with Crippen molar-refractivity contribution in [1.29, 1.82) is 0 Å². The number of esters is 1. The van der Waals surface area contributed by atoms with Crippen molar-refractivity contribution in [3.63, 3.8) is 0 Å². The first-order valence-electron chi connectivity index (χ1n) is 9.07. The number of nitro groups is 1. The van der Waals surface area contributed by atoms with E-state index in [1.54, 1.807) is 24.3 Å². The summed E-state index contributed by atoms with van der Waals surface area (Å²) in [6.07, 6.45) is 0. The van der Waals surface area contributed by atoms with Crippen molar-refractivity contribution >= 4 is 23.5 Å². The van der Waals surface area contributed by atoms with Crippen LogP contribution in [0, 0.1) is 10.1 Å². The lowest BCUT2D eigenvalue weighted by Gasteiger charge is -2.05. The second kappa shape index (κ2) is 9.89. The third kappa shape index (κ3) is 5.48. The molecule has 0 aliphatic carbocycles. The Morgan fingerprint density at radius 2 is 1.66 bits per heavy atom. The van der Waals surface area contributed by atoms with Crippen molar-refractivity contribution in [2.45, 2.75) is 6.61 Å². The van der Waals surface area contributed by atoms with Gasteiger partial charge in [0.25, 0.3) is 5.69 Å². The molecule has 3 rings (SSSR count). The van der Waals surface area contributed by atoms with Gasteiger partial charge in [-0.1, -0.05) is 5.16 Å². The number of hydrogen-bond acceptors (Lipinski definition) is 9. The van der Waals surface area contributed by atoms with Crippen LogP contribution in [-0.2, 0) is 16.2 Å². The van der Waals surface area contributed by atoms with E-state index in [1.807, 2.05) is 0 Å². The Morgan fingerprint density at radius 3 is 2.28 bits per heavy atom. The molecular weight excluding hydrogens is 422 g/mol. The zero-order valence-corrected chi connectivity index (χ0v) is 16.7. The SMILES string of the molecule is COC(=O)c1ccc(OCc2ccc(C(=O)O/N=C(\N)c3ccc([N+](=O)[O-])cc3)o2)cc1. The number of carbonyl (C=O) groups is 2. The van der Waals surface area contributed by atoms with Crippen molar-refractivity contribution in [2.75, 3.05) is 7.11 Å². The zero-order chi connectivity index (χ0) is 23.1. The highest BCUT2D eigenvalue weighted by Crippen LogP contribution is 2.17. The number of methoxy groups -OCH3 is 1. The van der Waals surface area contributed by atoms with Crippen LogP contribution in [0.1, 0.15) is 32.2 Å². The molecule has 0 unspecified atom stereocenters. The molecular formula is C21H17N3O8. The summed E-state index contributed by atoms with van der Waals surface area (Å²) in [7, 11) is 1.29. The van der Waals surface area contributed by atoms with Crippen LogP contribution >= 0.6 is 0 Å². The highest BCUT2D eigenvalue weighted by molar-refractivity contribution is 5.98. The number of ether oxygens (including phenoxy) is 2. The van der Waals surface area contributed by atoms with Crippen molar-refractivity contribution in [1.82, 2.24) is 0 Å². The summed E-state index contributed by atoms with van der Waals surface area (Å²) in [6, 6.07) is 14.5. The largest absolute Gasteiger partial charge is 0.486 e. The van der Waals surface area contributed by atoms with Gasteiger partial charge in [-0.05, 0) is 48.5 Å². The van der Waals surface area contributed by atoms with E-state index >= 15 is 0 Å². The van der Waals surface area contributed by atoms with Crippen LogP contribution in [0.15, 0.2) is 70.2 Å². The van der Waals surface area contributed by atoms with Crippen LogP contribution in [0.5, 0.6) is 5.75 Å². The number of furan rings is 1. The van der Waals surface area contributed by atoms with E-state index in [0.717, 1.165) is 0 Å². The minimum Gasteiger partial charge on any atom is -0.486 e. The molecule has 0 fully saturated rings. The highest BCUT2D eigenvalue weighted by atomic mass is 16.7. The van der Waals surface area contributed by atoms with Gasteiger partial charge in [-0.25, -0.2) is 9.59 Å². The molecule has 1 heterocycles. The lowest BCUT2D eigenvalue weighted by atomic mass is 10.2. The molecule has 32 heavy (non-hydrogen) atoms. The topological polar surface area (TPSA) is 156 Å². The van der Waals surface area contributed by atoms with E-state index in [1.165, 1.54) is 43.5 Å². The van der Waals surface area contributed by atoms with E-state index in [2.05, 4.69) is 9.89 Å². The molecule has 0 aliphatic rings. The van der Waals surface area contributed by atoms with Gasteiger partial charge in [0.15, 0.2) is 5.84 Å². The average Bonchev–Trinajstić information content (AvgIpc) is 3.30. The summed E-state index contributed by atoms with van der Waals surface area (Å²) in [5.41, 5.74) is 6.35. The van der Waals surface area contributed by atoms with Gasteiger partial charge >= 0.3 is 11.9 Å². The van der Waals surface area contributed by atoms with Gasteiger partial charge in [-0.15, -0.1) is 0 Å². The second-order valence-corrected chi connectivity index (χ2v) is 6.23. The number of benzene rings is 2. The number of nitro benzene ring substituents is 1. The molecule has 0 bridgehead atoms. The maximum Gasteiger partial charge on any atom is 0.400 e. The van der Waals surface area contributed by atoms with Crippen LogP contribution in [0.4, 0.5) is 5.69 Å². The van der Waals surface area contributed by atoms with Crippen LogP contribution in [-0.4, -0.2) is 29.8 Å². The predicted molar refractivity (Wildman–Crippen MR) is 110 cm³/mol. The Balaban J connectivity index is 1.55. The van der Waals surface area contributed by atoms with Crippen LogP contribution < -0.4 is 10.5 Å². The van der Waals surface area contributed by atoms with Crippen LogP contribution in [0.3, 0.4) is 0 Å². The predicted octanol–water partition coefficient (Wildman–Crippen LogP) is 3.03. The molecule has 0 saturated carbocycles. The van der Waals surface area contributed by atoms with Crippen LogP contribution in [0.25, 0.3) is 0 Å². The van der Waals surface area contributed by atoms with Gasteiger partial charge in [0.05, 0.1) is 17.6 Å². The van der Waals surface area contributed by atoms with E-state index < -0.39 is 16.9 Å². The smallest absolute Gasteiger partial charge is 0.400 e. The summed E-state index contributed by atoms with van der Waals surface area (Å²) in [6.45, 7) is 0.0268. The fourth-order valence-corrected chi connectivity index (χ4v) is 2.47. The first-order chi connectivity index (χ1) is 15.4. The number of oxime groups is 1. The first-order valence-corrected chi connectivity index (χ1v) is 9.07.